The molecule has 0 saturated carbocycles. The van der Waals surface area contributed by atoms with Crippen LogP contribution in [0.1, 0.15) is 0 Å². The van der Waals surface area contributed by atoms with E-state index in [0.29, 0.717) is 21.3 Å². The zero-order valence-corrected chi connectivity index (χ0v) is 21.4. The maximum absolute atomic E-state index is 12.2. The summed E-state index contributed by atoms with van der Waals surface area (Å²) in [6.07, 6.45) is 7.04. The number of hydrogen-bond acceptors (Lipinski definition) is 4. The first-order valence-electron chi connectivity index (χ1n) is 7.75. The van der Waals surface area contributed by atoms with Crippen LogP contribution in [0.3, 0.4) is 0 Å². The molecule has 0 N–H and O–H groups in total. The Labute approximate surface area is 162 Å². The van der Waals surface area contributed by atoms with E-state index >= 15 is 0 Å². The molecule has 0 radical (unpaired) electrons. The van der Waals surface area contributed by atoms with Crippen LogP contribution in [0, 0.1) is 0 Å². The summed E-state index contributed by atoms with van der Waals surface area (Å²) in [5.41, 5.74) is 0. The molecule has 6 unspecified atom stereocenters. The van der Waals surface area contributed by atoms with E-state index in [1.807, 2.05) is 0 Å². The summed E-state index contributed by atoms with van der Waals surface area (Å²) in [5.74, 6) is 0. The van der Waals surface area contributed by atoms with Gasteiger partial charge in [-0.15, -0.1) is 0 Å². The summed E-state index contributed by atoms with van der Waals surface area (Å²) >= 11 is -3.82. The van der Waals surface area contributed by atoms with Crippen LogP contribution in [0.25, 0.3) is 0 Å². The molecule has 0 aromatic rings. The van der Waals surface area contributed by atoms with E-state index in [0.717, 1.165) is 0 Å². The van der Waals surface area contributed by atoms with Gasteiger partial charge in [0, 0.05) is 0 Å². The molecule has 25 heavy (non-hydrogen) atoms. The molecule has 0 aliphatic heterocycles. The SMILES string of the molecule is C[PH](=O)C1=C[CH]([Ti]([Cl])([Cl])[CH]2C=C([PH](C)=O)C=C2[PH](C)=O)C([PH](C)=O)=C1. The summed E-state index contributed by atoms with van der Waals surface area (Å²) in [6, 6.07) is 0. The molecule has 2 aliphatic rings. The average molecular weight is 497 g/mol. The van der Waals surface area contributed by atoms with Crippen LogP contribution < -0.4 is 0 Å². The molecular weight excluding hydrogens is 475 g/mol. The van der Waals surface area contributed by atoms with Gasteiger partial charge in [-0.1, -0.05) is 0 Å². The van der Waals surface area contributed by atoms with Crippen molar-refractivity contribution in [2.45, 2.75) is 8.45 Å². The van der Waals surface area contributed by atoms with Crippen molar-refractivity contribution in [2.24, 2.45) is 0 Å². The van der Waals surface area contributed by atoms with E-state index < -0.39 is 54.1 Å². The third-order valence-corrected chi connectivity index (χ3v) is 18.1. The van der Waals surface area contributed by atoms with Crippen LogP contribution in [-0.4, -0.2) is 26.7 Å². The van der Waals surface area contributed by atoms with Crippen LogP contribution >= 0.6 is 49.8 Å². The topological polar surface area (TPSA) is 68.3 Å². The van der Waals surface area contributed by atoms with Crippen molar-refractivity contribution in [1.29, 1.82) is 0 Å². The fourth-order valence-corrected chi connectivity index (χ4v) is 18.8. The second-order valence-electron chi connectivity index (χ2n) is 6.30. The van der Waals surface area contributed by atoms with Gasteiger partial charge in [0.15, 0.2) is 0 Å². The Morgan fingerprint density at radius 2 is 1.04 bits per heavy atom. The third kappa shape index (κ3) is 4.78. The van der Waals surface area contributed by atoms with Crippen molar-refractivity contribution in [1.82, 2.24) is 0 Å². The van der Waals surface area contributed by atoms with Crippen molar-refractivity contribution >= 4 is 49.8 Å². The van der Waals surface area contributed by atoms with Crippen LogP contribution in [0.5, 0.6) is 0 Å². The minimum atomic E-state index is -3.82. The Balaban J connectivity index is 2.53. The van der Waals surface area contributed by atoms with Crippen molar-refractivity contribution in [3.63, 3.8) is 0 Å². The van der Waals surface area contributed by atoms with Gasteiger partial charge in [0.2, 0.25) is 0 Å². The van der Waals surface area contributed by atoms with Crippen molar-refractivity contribution in [2.75, 3.05) is 26.7 Å². The van der Waals surface area contributed by atoms with Gasteiger partial charge in [0.1, 0.15) is 0 Å². The van der Waals surface area contributed by atoms with E-state index in [1.165, 1.54) is 0 Å². The molecule has 0 fully saturated rings. The normalized spacial score (nSPS) is 28.6. The summed E-state index contributed by atoms with van der Waals surface area (Å²) in [7, 11) is 5.83. The summed E-state index contributed by atoms with van der Waals surface area (Å²) in [4.78, 5) is 0. The van der Waals surface area contributed by atoms with Gasteiger partial charge in [-0.25, -0.2) is 0 Å². The molecule has 0 aromatic heterocycles. The molecule has 2 rings (SSSR count). The van der Waals surface area contributed by atoms with Gasteiger partial charge in [0.25, 0.3) is 0 Å². The van der Waals surface area contributed by atoms with Gasteiger partial charge in [-0.2, -0.15) is 0 Å². The van der Waals surface area contributed by atoms with Gasteiger partial charge in [-0.05, 0) is 0 Å². The van der Waals surface area contributed by atoms with Crippen LogP contribution in [0.2, 0.25) is 8.45 Å². The number of hydrogen-bond donors (Lipinski definition) is 0. The fraction of sp³-hybridized carbons (Fsp3) is 0.429. The second kappa shape index (κ2) is 8.68. The first-order valence-corrected chi connectivity index (χ1v) is 21.5. The maximum atomic E-state index is 12.2. The summed E-state index contributed by atoms with van der Waals surface area (Å²) < 4.78 is 47.6. The molecule has 0 aromatic carbocycles. The zero-order valence-electron chi connectivity index (χ0n) is 14.4. The third-order valence-electron chi connectivity index (χ3n) is 4.44. The van der Waals surface area contributed by atoms with Crippen LogP contribution in [-0.2, 0) is 32.7 Å². The van der Waals surface area contributed by atoms with Gasteiger partial charge in [-0.3, -0.25) is 0 Å². The Morgan fingerprint density at radius 1 is 0.720 bits per heavy atom. The fourth-order valence-electron chi connectivity index (χ4n) is 3.06. The summed E-state index contributed by atoms with van der Waals surface area (Å²) in [5, 5.41) is 2.63. The standard InChI is InChI=1S/2C7H11O2P2.2ClH.Ti/c2*1-10(8)6-3-4-7(5-6)11(2)9;;;/h2*3-5,10-11H,1-2H3;2*1H;/q;;;;+2/p-2. The molecule has 0 amide bonds. The van der Waals surface area contributed by atoms with E-state index in [4.69, 9.17) is 18.6 Å². The Morgan fingerprint density at radius 3 is 1.28 bits per heavy atom. The van der Waals surface area contributed by atoms with E-state index in [-0.39, 0.29) is 0 Å². The molecule has 140 valence electrons. The number of halogens is 2. The minimum absolute atomic E-state index is 0.395. The first-order chi connectivity index (χ1) is 11.5. The van der Waals surface area contributed by atoms with Crippen LogP contribution in [0.4, 0.5) is 0 Å². The van der Waals surface area contributed by atoms with Gasteiger partial charge in [0.05, 0.1) is 0 Å². The summed E-state index contributed by atoms with van der Waals surface area (Å²) in [6.45, 7) is 6.51. The monoisotopic (exact) mass is 496 g/mol. The molecule has 0 spiro atoms. The van der Waals surface area contributed by atoms with Crippen molar-refractivity contribution < 1.29 is 32.7 Å². The van der Waals surface area contributed by atoms with E-state index in [1.54, 1.807) is 51.0 Å². The Hall–Kier alpha value is 1.17. The molecule has 2 aliphatic carbocycles. The van der Waals surface area contributed by atoms with Crippen molar-refractivity contribution in [3.05, 3.63) is 45.6 Å². The molecule has 0 bridgehead atoms. The molecular formula is C14H22Cl2O4P4Ti. The zero-order chi connectivity index (χ0) is 19.1. The molecule has 0 heterocycles. The second-order valence-corrected chi connectivity index (χ2v) is 23.1. The van der Waals surface area contributed by atoms with Gasteiger partial charge < -0.3 is 0 Å². The number of rotatable bonds is 6. The van der Waals surface area contributed by atoms with Crippen LogP contribution in [0.15, 0.2) is 45.6 Å². The predicted octanol–water partition coefficient (Wildman–Crippen LogP) is 6.35. The van der Waals surface area contributed by atoms with E-state index in [2.05, 4.69) is 0 Å². The molecule has 0 saturated heterocycles. The average Bonchev–Trinajstić information content (AvgIpc) is 3.12. The first kappa shape index (κ1) is 22.5. The Kier molecular flexibility index (Phi) is 7.80. The van der Waals surface area contributed by atoms with E-state index in [9.17, 15) is 18.3 Å². The number of allylic oxidation sites excluding steroid dienone is 8. The Bertz CT molecular complexity index is 763. The quantitative estimate of drug-likeness (QED) is 0.317. The van der Waals surface area contributed by atoms with Gasteiger partial charge >= 0.3 is 163 Å². The predicted molar refractivity (Wildman–Crippen MR) is 111 cm³/mol. The van der Waals surface area contributed by atoms with Crippen molar-refractivity contribution in [3.8, 4) is 0 Å². The molecule has 11 heteroatoms. The molecule has 4 nitrogen and oxygen atoms in total. The molecule has 6 atom stereocenters.